The minimum atomic E-state index is -3.21. The maximum absolute atomic E-state index is 12.8. The third-order valence-electron chi connectivity index (χ3n) is 2.49. The summed E-state index contributed by atoms with van der Waals surface area (Å²) in [4.78, 5) is 11.4. The molecule has 0 heterocycles. The fraction of sp³-hybridized carbons (Fsp3) is 0.385. The molecule has 0 bridgehead atoms. The van der Waals surface area contributed by atoms with Gasteiger partial charge in [-0.3, -0.25) is 4.79 Å². The summed E-state index contributed by atoms with van der Waals surface area (Å²) in [5.41, 5.74) is -1.55. The highest BCUT2D eigenvalue weighted by atomic mass is 19.3. The molecule has 0 unspecified atom stereocenters. The van der Waals surface area contributed by atoms with E-state index in [-0.39, 0.29) is 12.2 Å². The molecule has 0 N–H and O–H groups in total. The number of ether oxygens (including phenoxy) is 2. The molecule has 0 atom stereocenters. The first-order valence-electron chi connectivity index (χ1n) is 5.85. The van der Waals surface area contributed by atoms with Gasteiger partial charge in [-0.1, -0.05) is 0 Å². The van der Waals surface area contributed by atoms with Crippen molar-refractivity contribution in [3.63, 3.8) is 0 Å². The Balaban J connectivity index is 3.33. The van der Waals surface area contributed by atoms with Crippen LogP contribution in [0.5, 0.6) is 5.75 Å². The summed E-state index contributed by atoms with van der Waals surface area (Å²) < 4.78 is 59.0. The summed E-state index contributed by atoms with van der Waals surface area (Å²) in [6.07, 6.45) is -3.60. The van der Waals surface area contributed by atoms with Gasteiger partial charge in [-0.15, -0.1) is 0 Å². The van der Waals surface area contributed by atoms with Gasteiger partial charge in [0.15, 0.2) is 0 Å². The lowest BCUT2D eigenvalue weighted by Crippen LogP contribution is -2.13. The first-order valence-corrected chi connectivity index (χ1v) is 5.85. The van der Waals surface area contributed by atoms with E-state index in [4.69, 9.17) is 5.26 Å². The number of nitriles is 1. The van der Waals surface area contributed by atoms with E-state index < -0.39 is 42.3 Å². The van der Waals surface area contributed by atoms with Crippen LogP contribution in [0.15, 0.2) is 12.1 Å². The molecule has 0 aliphatic carbocycles. The first-order chi connectivity index (χ1) is 9.90. The lowest BCUT2D eigenvalue weighted by atomic mass is 9.98. The molecule has 4 nitrogen and oxygen atoms in total. The van der Waals surface area contributed by atoms with Crippen LogP contribution in [0.25, 0.3) is 0 Å². The number of nitrogens with zero attached hydrogens (tertiary/aromatic N) is 1. The van der Waals surface area contributed by atoms with Gasteiger partial charge in [-0.05, 0) is 19.1 Å². The van der Waals surface area contributed by atoms with Crippen LogP contribution in [0.2, 0.25) is 0 Å². The van der Waals surface area contributed by atoms with Gasteiger partial charge in [0.1, 0.15) is 11.8 Å². The van der Waals surface area contributed by atoms with Crippen molar-refractivity contribution < 1.29 is 31.8 Å². The molecule has 0 aromatic heterocycles. The molecule has 0 saturated heterocycles. The molecule has 1 aromatic rings. The molecule has 0 radical (unpaired) electrons. The molecule has 8 heteroatoms. The highest BCUT2D eigenvalue weighted by Crippen LogP contribution is 2.32. The molecule has 114 valence electrons. The first kappa shape index (κ1) is 16.8. The summed E-state index contributed by atoms with van der Waals surface area (Å²) in [5.74, 6) is -1.33. The quantitative estimate of drug-likeness (QED) is 0.598. The SMILES string of the molecule is CCOC(=O)Cc1c(OC(F)F)ccc(C(F)F)c1C#N. The summed E-state index contributed by atoms with van der Waals surface area (Å²) in [7, 11) is 0. The Morgan fingerprint density at radius 1 is 1.33 bits per heavy atom. The van der Waals surface area contributed by atoms with Crippen LogP contribution in [0, 0.1) is 11.3 Å². The molecule has 0 saturated carbocycles. The lowest BCUT2D eigenvalue weighted by molar-refractivity contribution is -0.142. The molecule has 0 spiro atoms. The Labute approximate surface area is 117 Å². The Morgan fingerprint density at radius 3 is 2.48 bits per heavy atom. The van der Waals surface area contributed by atoms with Crippen LogP contribution in [0.3, 0.4) is 0 Å². The van der Waals surface area contributed by atoms with Crippen molar-refractivity contribution in [3.05, 3.63) is 28.8 Å². The molecule has 1 rings (SSSR count). The smallest absolute Gasteiger partial charge is 0.387 e. The van der Waals surface area contributed by atoms with Gasteiger partial charge in [0.05, 0.1) is 18.6 Å². The van der Waals surface area contributed by atoms with Gasteiger partial charge in [0.25, 0.3) is 6.43 Å². The van der Waals surface area contributed by atoms with Crippen molar-refractivity contribution in [2.75, 3.05) is 6.61 Å². The van der Waals surface area contributed by atoms with Crippen molar-refractivity contribution in [3.8, 4) is 11.8 Å². The predicted molar refractivity (Wildman–Crippen MR) is 63.1 cm³/mol. The van der Waals surface area contributed by atoms with Crippen LogP contribution in [-0.4, -0.2) is 19.2 Å². The maximum atomic E-state index is 12.8. The topological polar surface area (TPSA) is 59.3 Å². The van der Waals surface area contributed by atoms with Crippen molar-refractivity contribution in [1.82, 2.24) is 0 Å². The summed E-state index contributed by atoms with van der Waals surface area (Å²) in [5, 5.41) is 8.97. The lowest BCUT2D eigenvalue weighted by Gasteiger charge is -2.14. The molecule has 0 aliphatic rings. The van der Waals surface area contributed by atoms with Gasteiger partial charge in [-0.25, -0.2) is 8.78 Å². The standard InChI is InChI=1S/C13H11F4NO3/c1-2-20-11(19)5-8-9(6-18)7(12(14)15)3-4-10(8)21-13(16)17/h3-4,12-13H,2,5H2,1H3. The number of halogens is 4. The third-order valence-corrected chi connectivity index (χ3v) is 2.49. The van der Waals surface area contributed by atoms with Crippen molar-refractivity contribution in [1.29, 1.82) is 5.26 Å². The Kier molecular flexibility index (Phi) is 5.96. The number of esters is 1. The van der Waals surface area contributed by atoms with Crippen molar-refractivity contribution >= 4 is 5.97 Å². The monoisotopic (exact) mass is 305 g/mol. The minimum Gasteiger partial charge on any atom is -0.466 e. The number of alkyl halides is 4. The fourth-order valence-corrected chi connectivity index (χ4v) is 1.70. The minimum absolute atomic E-state index is 0.0281. The van der Waals surface area contributed by atoms with Crippen LogP contribution in [0.4, 0.5) is 17.6 Å². The highest BCUT2D eigenvalue weighted by Gasteiger charge is 2.23. The Morgan fingerprint density at radius 2 is 2.00 bits per heavy atom. The number of hydrogen-bond acceptors (Lipinski definition) is 4. The van der Waals surface area contributed by atoms with Crippen molar-refractivity contribution in [2.45, 2.75) is 26.4 Å². The molecule has 0 fully saturated rings. The Bertz CT molecular complexity index is 555. The van der Waals surface area contributed by atoms with Crippen LogP contribution >= 0.6 is 0 Å². The third kappa shape index (κ3) is 4.34. The van der Waals surface area contributed by atoms with E-state index in [0.717, 1.165) is 12.1 Å². The molecular weight excluding hydrogens is 294 g/mol. The maximum Gasteiger partial charge on any atom is 0.387 e. The van der Waals surface area contributed by atoms with E-state index in [1.54, 1.807) is 0 Å². The average Bonchev–Trinajstić information content (AvgIpc) is 2.39. The van der Waals surface area contributed by atoms with E-state index in [1.165, 1.54) is 13.0 Å². The summed E-state index contributed by atoms with van der Waals surface area (Å²) in [6, 6.07) is 3.19. The number of benzene rings is 1. The summed E-state index contributed by atoms with van der Waals surface area (Å²) >= 11 is 0. The van der Waals surface area contributed by atoms with E-state index in [9.17, 15) is 22.4 Å². The number of carbonyl (C=O) groups excluding carboxylic acids is 1. The van der Waals surface area contributed by atoms with E-state index >= 15 is 0 Å². The van der Waals surface area contributed by atoms with E-state index in [2.05, 4.69) is 9.47 Å². The number of hydrogen-bond donors (Lipinski definition) is 0. The largest absolute Gasteiger partial charge is 0.466 e. The normalized spacial score (nSPS) is 10.6. The van der Waals surface area contributed by atoms with Gasteiger partial charge < -0.3 is 9.47 Å². The molecular formula is C13H11F4NO3. The van der Waals surface area contributed by atoms with E-state index in [1.807, 2.05) is 0 Å². The zero-order valence-electron chi connectivity index (χ0n) is 10.9. The zero-order chi connectivity index (χ0) is 16.0. The van der Waals surface area contributed by atoms with Crippen LogP contribution < -0.4 is 4.74 Å². The van der Waals surface area contributed by atoms with Crippen LogP contribution in [-0.2, 0) is 16.0 Å². The second-order valence-corrected chi connectivity index (χ2v) is 3.78. The van der Waals surface area contributed by atoms with Gasteiger partial charge in [0.2, 0.25) is 0 Å². The second kappa shape index (κ2) is 7.47. The van der Waals surface area contributed by atoms with Gasteiger partial charge in [-0.2, -0.15) is 14.0 Å². The average molecular weight is 305 g/mol. The van der Waals surface area contributed by atoms with Crippen LogP contribution in [0.1, 0.15) is 30.0 Å². The molecule has 0 amide bonds. The fourth-order valence-electron chi connectivity index (χ4n) is 1.70. The predicted octanol–water partition coefficient (Wildman–Crippen LogP) is 3.20. The van der Waals surface area contributed by atoms with Crippen molar-refractivity contribution in [2.24, 2.45) is 0 Å². The summed E-state index contributed by atoms with van der Waals surface area (Å²) in [6.45, 7) is -1.66. The number of carbonyl (C=O) groups is 1. The van der Waals surface area contributed by atoms with Gasteiger partial charge >= 0.3 is 12.6 Å². The zero-order valence-corrected chi connectivity index (χ0v) is 10.9. The van der Waals surface area contributed by atoms with Gasteiger partial charge in [0, 0.05) is 11.1 Å². The van der Waals surface area contributed by atoms with E-state index in [0.29, 0.717) is 0 Å². The molecule has 1 aromatic carbocycles. The highest BCUT2D eigenvalue weighted by molar-refractivity contribution is 5.75. The molecule has 0 aliphatic heterocycles. The number of rotatable bonds is 6. The molecule has 21 heavy (non-hydrogen) atoms. The Hall–Kier alpha value is -2.30. The second-order valence-electron chi connectivity index (χ2n) is 3.78.